The van der Waals surface area contributed by atoms with Crippen LogP contribution in [-0.2, 0) is 9.59 Å². The summed E-state index contributed by atoms with van der Waals surface area (Å²) in [5.41, 5.74) is 1.22. The Balaban J connectivity index is 1.87. The highest BCUT2D eigenvalue weighted by atomic mass is 32.2. The van der Waals surface area contributed by atoms with E-state index in [2.05, 4.69) is 5.32 Å². The average Bonchev–Trinajstić information content (AvgIpc) is 2.79. The number of hydrogen-bond donors (Lipinski definition) is 1. The molecule has 0 saturated carbocycles. The summed E-state index contributed by atoms with van der Waals surface area (Å²) < 4.78 is 0.542. The molecule has 0 aliphatic carbocycles. The minimum atomic E-state index is -0.193. The number of rotatable bonds is 6. The van der Waals surface area contributed by atoms with Crippen LogP contribution < -0.4 is 5.32 Å². The van der Waals surface area contributed by atoms with E-state index in [0.717, 1.165) is 6.42 Å². The van der Waals surface area contributed by atoms with Crippen LogP contribution in [0.1, 0.15) is 37.0 Å². The van der Waals surface area contributed by atoms with Gasteiger partial charge < -0.3 is 5.32 Å². The molecule has 1 N–H and O–H groups in total. The van der Waals surface area contributed by atoms with E-state index in [9.17, 15) is 14.4 Å². The third-order valence-electron chi connectivity index (χ3n) is 3.51. The molecule has 7 heteroatoms. The Labute approximate surface area is 144 Å². The molecule has 122 valence electrons. The van der Waals surface area contributed by atoms with Gasteiger partial charge in [-0.2, -0.15) is 0 Å². The van der Waals surface area contributed by atoms with Gasteiger partial charge in [-0.15, -0.1) is 0 Å². The molecule has 0 radical (unpaired) electrons. The van der Waals surface area contributed by atoms with Crippen LogP contribution >= 0.6 is 24.0 Å². The third-order valence-corrected chi connectivity index (χ3v) is 5.26. The zero-order valence-electron chi connectivity index (χ0n) is 13.0. The molecule has 1 heterocycles. The molecular weight excluding hydrogens is 332 g/mol. The number of thioether (sulfide) groups is 1. The highest BCUT2D eigenvalue weighted by molar-refractivity contribution is 8.24. The first-order valence-electron chi connectivity index (χ1n) is 7.35. The number of benzene rings is 1. The fourth-order valence-electron chi connectivity index (χ4n) is 2.18. The van der Waals surface area contributed by atoms with Crippen LogP contribution in [0.5, 0.6) is 0 Å². The van der Waals surface area contributed by atoms with Gasteiger partial charge in [0.2, 0.25) is 11.8 Å². The molecule has 1 aliphatic rings. The van der Waals surface area contributed by atoms with E-state index in [0.29, 0.717) is 22.1 Å². The van der Waals surface area contributed by atoms with Crippen LogP contribution in [0, 0.1) is 0 Å². The second kappa shape index (κ2) is 7.70. The Morgan fingerprint density at radius 1 is 1.30 bits per heavy atom. The van der Waals surface area contributed by atoms with E-state index in [-0.39, 0.29) is 29.3 Å². The van der Waals surface area contributed by atoms with E-state index in [4.69, 9.17) is 12.2 Å². The maximum absolute atomic E-state index is 12.1. The monoisotopic (exact) mass is 350 g/mol. The standard InChI is InChI=1S/C16H18N2O3S2/c1-3-13-15(21)18(16(22)23-13)9-8-14(20)17-12-6-4-11(5-7-12)10(2)19/h4-7,13H,3,8-9H2,1-2H3,(H,17,20). The van der Waals surface area contributed by atoms with Gasteiger partial charge in [0, 0.05) is 24.2 Å². The molecule has 1 atom stereocenters. The lowest BCUT2D eigenvalue weighted by Gasteiger charge is -2.15. The second-order valence-corrected chi connectivity index (χ2v) is 7.04. The quantitative estimate of drug-likeness (QED) is 0.631. The van der Waals surface area contributed by atoms with E-state index in [1.807, 2.05) is 6.92 Å². The van der Waals surface area contributed by atoms with E-state index < -0.39 is 0 Å². The fraction of sp³-hybridized carbons (Fsp3) is 0.375. The first-order chi connectivity index (χ1) is 10.9. The van der Waals surface area contributed by atoms with Crippen LogP contribution in [0.3, 0.4) is 0 Å². The first kappa shape index (κ1) is 17.6. The SMILES string of the molecule is CCC1SC(=S)N(CCC(=O)Nc2ccc(C(C)=O)cc2)C1=O. The molecule has 1 aromatic carbocycles. The van der Waals surface area contributed by atoms with Crippen molar-refractivity contribution < 1.29 is 14.4 Å². The van der Waals surface area contributed by atoms with Crippen molar-refractivity contribution in [3.05, 3.63) is 29.8 Å². The van der Waals surface area contributed by atoms with Crippen LogP contribution in [0.4, 0.5) is 5.69 Å². The number of amides is 2. The van der Waals surface area contributed by atoms with Crippen molar-refractivity contribution in [2.24, 2.45) is 0 Å². The third kappa shape index (κ3) is 4.39. The Morgan fingerprint density at radius 2 is 1.96 bits per heavy atom. The number of thiocarbonyl (C=S) groups is 1. The molecule has 1 unspecified atom stereocenters. The van der Waals surface area contributed by atoms with E-state index >= 15 is 0 Å². The minimum Gasteiger partial charge on any atom is -0.326 e. The lowest BCUT2D eigenvalue weighted by molar-refractivity contribution is -0.126. The summed E-state index contributed by atoms with van der Waals surface area (Å²) in [4.78, 5) is 36.8. The summed E-state index contributed by atoms with van der Waals surface area (Å²) in [5.74, 6) is -0.228. The van der Waals surface area contributed by atoms with Crippen molar-refractivity contribution in [3.8, 4) is 0 Å². The van der Waals surface area contributed by atoms with Gasteiger partial charge in [-0.1, -0.05) is 30.9 Å². The first-order valence-corrected chi connectivity index (χ1v) is 8.64. The molecule has 1 saturated heterocycles. The summed E-state index contributed by atoms with van der Waals surface area (Å²) in [7, 11) is 0. The van der Waals surface area contributed by atoms with Crippen molar-refractivity contribution >= 4 is 51.6 Å². The molecule has 2 amide bonds. The second-order valence-electron chi connectivity index (χ2n) is 5.20. The minimum absolute atomic E-state index is 0.0129. The largest absolute Gasteiger partial charge is 0.326 e. The molecule has 2 rings (SSSR count). The molecule has 1 aliphatic heterocycles. The van der Waals surface area contributed by atoms with Gasteiger partial charge in [-0.25, -0.2) is 0 Å². The van der Waals surface area contributed by atoms with Crippen molar-refractivity contribution in [1.29, 1.82) is 0 Å². The number of Topliss-reactive ketones (excluding diaryl/α,β-unsaturated/α-hetero) is 1. The van der Waals surface area contributed by atoms with Crippen LogP contribution in [0.15, 0.2) is 24.3 Å². The molecule has 0 bridgehead atoms. The van der Waals surface area contributed by atoms with Crippen molar-refractivity contribution in [2.45, 2.75) is 31.9 Å². The number of ketones is 1. The van der Waals surface area contributed by atoms with E-state index in [1.54, 1.807) is 24.3 Å². The number of nitrogens with zero attached hydrogens (tertiary/aromatic N) is 1. The van der Waals surface area contributed by atoms with Gasteiger partial charge in [0.15, 0.2) is 5.78 Å². The average molecular weight is 350 g/mol. The topological polar surface area (TPSA) is 66.5 Å². The van der Waals surface area contributed by atoms with Crippen molar-refractivity contribution in [2.75, 3.05) is 11.9 Å². The molecule has 1 fully saturated rings. The van der Waals surface area contributed by atoms with E-state index in [1.165, 1.54) is 23.6 Å². The maximum atomic E-state index is 12.1. The molecular formula is C16H18N2O3S2. The Morgan fingerprint density at radius 3 is 2.48 bits per heavy atom. The number of carbonyl (C=O) groups is 3. The number of nitrogens with one attached hydrogen (secondary N) is 1. The smallest absolute Gasteiger partial charge is 0.241 e. The summed E-state index contributed by atoms with van der Waals surface area (Å²) in [6.07, 6.45) is 0.909. The fourth-order valence-corrected chi connectivity index (χ4v) is 3.66. The Kier molecular flexibility index (Phi) is 5.90. The normalized spacial score (nSPS) is 17.5. The van der Waals surface area contributed by atoms with Crippen LogP contribution in [0.2, 0.25) is 0 Å². The molecule has 1 aromatic rings. The summed E-state index contributed by atoms with van der Waals surface area (Å²) in [5, 5.41) is 2.63. The molecule has 5 nitrogen and oxygen atoms in total. The van der Waals surface area contributed by atoms with Crippen molar-refractivity contribution in [1.82, 2.24) is 4.90 Å². The zero-order chi connectivity index (χ0) is 17.0. The van der Waals surface area contributed by atoms with Crippen molar-refractivity contribution in [3.63, 3.8) is 0 Å². The summed E-state index contributed by atoms with van der Waals surface area (Å²) >= 11 is 6.57. The van der Waals surface area contributed by atoms with Gasteiger partial charge >= 0.3 is 0 Å². The highest BCUT2D eigenvalue weighted by Gasteiger charge is 2.35. The van der Waals surface area contributed by atoms with Gasteiger partial charge in [0.05, 0.1) is 5.25 Å². The van der Waals surface area contributed by atoms with Gasteiger partial charge in [-0.3, -0.25) is 19.3 Å². The lowest BCUT2D eigenvalue weighted by atomic mass is 10.1. The lowest BCUT2D eigenvalue weighted by Crippen LogP contribution is -2.33. The van der Waals surface area contributed by atoms with Crippen LogP contribution in [0.25, 0.3) is 0 Å². The van der Waals surface area contributed by atoms with Gasteiger partial charge in [0.25, 0.3) is 0 Å². The van der Waals surface area contributed by atoms with Crippen LogP contribution in [-0.4, -0.2) is 38.6 Å². The van der Waals surface area contributed by atoms with Gasteiger partial charge in [-0.05, 0) is 37.6 Å². The molecule has 0 aromatic heterocycles. The molecule has 0 spiro atoms. The zero-order valence-corrected chi connectivity index (χ0v) is 14.6. The number of carbonyl (C=O) groups excluding carboxylic acids is 3. The molecule has 23 heavy (non-hydrogen) atoms. The summed E-state index contributed by atoms with van der Waals surface area (Å²) in [6.45, 7) is 3.72. The summed E-state index contributed by atoms with van der Waals surface area (Å²) in [6, 6.07) is 6.70. The Hall–Kier alpha value is -1.73. The number of hydrogen-bond acceptors (Lipinski definition) is 5. The predicted molar refractivity (Wildman–Crippen MR) is 95.7 cm³/mol. The maximum Gasteiger partial charge on any atom is 0.241 e. The highest BCUT2D eigenvalue weighted by Crippen LogP contribution is 2.29. The Bertz CT molecular complexity index is 643. The predicted octanol–water partition coefficient (Wildman–Crippen LogP) is 2.86. The number of anilines is 1. The van der Waals surface area contributed by atoms with Gasteiger partial charge in [0.1, 0.15) is 4.32 Å².